The molecule has 21 heavy (non-hydrogen) atoms. The van der Waals surface area contributed by atoms with E-state index in [4.69, 9.17) is 4.74 Å². The number of carbonyl (C=O) groups is 1. The average molecular weight is 307 g/mol. The summed E-state index contributed by atoms with van der Waals surface area (Å²) in [5.74, 6) is -0.0319. The van der Waals surface area contributed by atoms with Crippen LogP contribution in [0.1, 0.15) is 104 Å². The molecule has 0 aliphatic carbocycles. The van der Waals surface area contributed by atoms with Gasteiger partial charge in [0.25, 0.3) is 0 Å². The first kappa shape index (κ1) is 23.7. The Bertz CT molecular complexity index is 207. The molecule has 1 radical (unpaired) electrons. The van der Waals surface area contributed by atoms with Crippen molar-refractivity contribution < 1.29 is 9.53 Å². The SMILES string of the molecule is CCCCCCCCCCCCCCCC(=O)OCC.[Na]. The van der Waals surface area contributed by atoms with Crippen LogP contribution in [0.5, 0.6) is 0 Å². The van der Waals surface area contributed by atoms with Crippen LogP contribution in [0.2, 0.25) is 0 Å². The fraction of sp³-hybridized carbons (Fsp3) is 0.944. The molecule has 0 heterocycles. The Morgan fingerprint density at radius 1 is 0.667 bits per heavy atom. The van der Waals surface area contributed by atoms with Crippen molar-refractivity contribution in [1.29, 1.82) is 0 Å². The van der Waals surface area contributed by atoms with E-state index in [2.05, 4.69) is 6.92 Å². The molecule has 0 atom stereocenters. The van der Waals surface area contributed by atoms with E-state index in [0.717, 1.165) is 6.42 Å². The monoisotopic (exact) mass is 307 g/mol. The molecule has 121 valence electrons. The second-order valence-electron chi connectivity index (χ2n) is 5.80. The van der Waals surface area contributed by atoms with Crippen LogP contribution in [-0.2, 0) is 9.53 Å². The van der Waals surface area contributed by atoms with E-state index in [9.17, 15) is 4.79 Å². The van der Waals surface area contributed by atoms with Crippen molar-refractivity contribution in [2.24, 2.45) is 0 Å². The van der Waals surface area contributed by atoms with Gasteiger partial charge in [-0.3, -0.25) is 4.79 Å². The number of ether oxygens (including phenoxy) is 1. The summed E-state index contributed by atoms with van der Waals surface area (Å²) in [7, 11) is 0. The molecule has 0 bridgehead atoms. The number of esters is 1. The van der Waals surface area contributed by atoms with Crippen molar-refractivity contribution in [1.82, 2.24) is 0 Å². The minimum absolute atomic E-state index is 0. The third-order valence-corrected chi connectivity index (χ3v) is 3.79. The quantitative estimate of drug-likeness (QED) is 0.222. The van der Waals surface area contributed by atoms with Crippen LogP contribution in [0.4, 0.5) is 0 Å². The van der Waals surface area contributed by atoms with Gasteiger partial charge < -0.3 is 4.74 Å². The maximum absolute atomic E-state index is 11.1. The smallest absolute Gasteiger partial charge is 0.305 e. The molecule has 0 aromatic heterocycles. The van der Waals surface area contributed by atoms with Crippen LogP contribution >= 0.6 is 0 Å². The zero-order valence-electron chi connectivity index (χ0n) is 14.9. The van der Waals surface area contributed by atoms with Gasteiger partial charge in [-0.2, -0.15) is 0 Å². The molecule has 2 nitrogen and oxygen atoms in total. The summed E-state index contributed by atoms with van der Waals surface area (Å²) >= 11 is 0. The minimum Gasteiger partial charge on any atom is -0.466 e. The molecule has 0 aromatic rings. The zero-order chi connectivity index (χ0) is 14.9. The Labute approximate surface area is 155 Å². The molecule has 0 spiro atoms. The third kappa shape index (κ3) is 20.5. The van der Waals surface area contributed by atoms with E-state index in [-0.39, 0.29) is 35.5 Å². The third-order valence-electron chi connectivity index (χ3n) is 3.79. The molecule has 0 saturated heterocycles. The maximum Gasteiger partial charge on any atom is 0.305 e. The molecule has 0 aliphatic heterocycles. The number of rotatable bonds is 15. The summed E-state index contributed by atoms with van der Waals surface area (Å²) in [5, 5.41) is 0. The first-order chi connectivity index (χ1) is 9.81. The molecule has 0 rings (SSSR count). The van der Waals surface area contributed by atoms with Crippen LogP contribution in [-0.4, -0.2) is 42.1 Å². The van der Waals surface area contributed by atoms with Crippen LogP contribution in [0, 0.1) is 0 Å². The largest absolute Gasteiger partial charge is 0.466 e. The summed E-state index contributed by atoms with van der Waals surface area (Å²) in [4.78, 5) is 11.1. The summed E-state index contributed by atoms with van der Waals surface area (Å²) in [6.45, 7) is 4.64. The number of carbonyl (C=O) groups excluding carboxylic acids is 1. The van der Waals surface area contributed by atoms with Gasteiger partial charge in [0.05, 0.1) is 6.61 Å². The van der Waals surface area contributed by atoms with Crippen molar-refractivity contribution in [2.75, 3.05) is 6.61 Å². The van der Waals surface area contributed by atoms with E-state index in [1.807, 2.05) is 6.92 Å². The predicted molar refractivity (Wildman–Crippen MR) is 92.7 cm³/mol. The van der Waals surface area contributed by atoms with Crippen molar-refractivity contribution in [3.05, 3.63) is 0 Å². The van der Waals surface area contributed by atoms with Gasteiger partial charge in [0.2, 0.25) is 0 Å². The molecule has 0 unspecified atom stereocenters. The normalized spacial score (nSPS) is 10.2. The predicted octanol–water partition coefficient (Wildman–Crippen LogP) is 5.65. The van der Waals surface area contributed by atoms with Gasteiger partial charge in [-0.25, -0.2) is 0 Å². The summed E-state index contributed by atoms with van der Waals surface area (Å²) < 4.78 is 4.91. The molecule has 0 fully saturated rings. The van der Waals surface area contributed by atoms with E-state index >= 15 is 0 Å². The standard InChI is InChI=1S/C18H36O2.Na/c1-3-5-6-7-8-9-10-11-12-13-14-15-16-17-18(19)20-4-2;/h3-17H2,1-2H3;. The topological polar surface area (TPSA) is 26.3 Å². The van der Waals surface area contributed by atoms with Crippen molar-refractivity contribution >= 4 is 35.5 Å². The Hall–Kier alpha value is 0.470. The van der Waals surface area contributed by atoms with Gasteiger partial charge in [-0.15, -0.1) is 0 Å². The second kappa shape index (κ2) is 20.5. The van der Waals surface area contributed by atoms with E-state index in [0.29, 0.717) is 13.0 Å². The summed E-state index contributed by atoms with van der Waals surface area (Å²) in [5.41, 5.74) is 0. The molecular formula is C18H36NaO2. The molecule has 0 aliphatic rings. The van der Waals surface area contributed by atoms with E-state index in [1.54, 1.807) is 0 Å². The minimum atomic E-state index is -0.0319. The number of hydrogen-bond acceptors (Lipinski definition) is 2. The average Bonchev–Trinajstić information content (AvgIpc) is 2.44. The summed E-state index contributed by atoms with van der Waals surface area (Å²) in [6.07, 6.45) is 18.0. The van der Waals surface area contributed by atoms with Gasteiger partial charge >= 0.3 is 5.97 Å². The Morgan fingerprint density at radius 2 is 1.05 bits per heavy atom. The van der Waals surface area contributed by atoms with Crippen LogP contribution < -0.4 is 0 Å². The zero-order valence-corrected chi connectivity index (χ0v) is 16.9. The van der Waals surface area contributed by atoms with Gasteiger partial charge in [-0.05, 0) is 13.3 Å². The van der Waals surface area contributed by atoms with Gasteiger partial charge in [0.15, 0.2) is 0 Å². The first-order valence-electron chi connectivity index (χ1n) is 8.96. The van der Waals surface area contributed by atoms with Crippen LogP contribution in [0.3, 0.4) is 0 Å². The fourth-order valence-corrected chi connectivity index (χ4v) is 2.52. The number of unbranched alkanes of at least 4 members (excludes halogenated alkanes) is 12. The maximum atomic E-state index is 11.1. The molecule has 3 heteroatoms. The Balaban J connectivity index is 0. The second-order valence-corrected chi connectivity index (χ2v) is 5.80. The van der Waals surface area contributed by atoms with Gasteiger partial charge in [0.1, 0.15) is 0 Å². The molecule has 0 amide bonds. The molecular weight excluding hydrogens is 271 g/mol. The van der Waals surface area contributed by atoms with Gasteiger partial charge in [0, 0.05) is 36.0 Å². The Kier molecular flexibility index (Phi) is 23.1. The van der Waals surface area contributed by atoms with Gasteiger partial charge in [-0.1, -0.05) is 84.0 Å². The first-order valence-corrected chi connectivity index (χ1v) is 8.96. The number of hydrogen-bond donors (Lipinski definition) is 0. The van der Waals surface area contributed by atoms with Crippen LogP contribution in [0.25, 0.3) is 0 Å². The van der Waals surface area contributed by atoms with Crippen molar-refractivity contribution in [3.63, 3.8) is 0 Å². The molecule has 0 saturated carbocycles. The van der Waals surface area contributed by atoms with Crippen molar-refractivity contribution in [2.45, 2.75) is 104 Å². The fourth-order valence-electron chi connectivity index (χ4n) is 2.52. The van der Waals surface area contributed by atoms with E-state index in [1.165, 1.54) is 77.0 Å². The molecule has 0 N–H and O–H groups in total. The Morgan fingerprint density at radius 3 is 1.43 bits per heavy atom. The van der Waals surface area contributed by atoms with Crippen LogP contribution in [0.15, 0.2) is 0 Å². The summed E-state index contributed by atoms with van der Waals surface area (Å²) in [6, 6.07) is 0. The van der Waals surface area contributed by atoms with Crippen molar-refractivity contribution in [3.8, 4) is 0 Å². The van der Waals surface area contributed by atoms with E-state index < -0.39 is 0 Å². The molecule has 0 aromatic carbocycles.